The van der Waals surface area contributed by atoms with Crippen molar-refractivity contribution >= 4 is 35.6 Å². The van der Waals surface area contributed by atoms with Gasteiger partial charge in [-0.2, -0.15) is 0 Å². The lowest BCUT2D eigenvalue weighted by Crippen LogP contribution is -2.57. The molecule has 0 heterocycles. The number of nitrogens with two attached hydrogens (primary N) is 2. The van der Waals surface area contributed by atoms with Crippen LogP contribution in [-0.4, -0.2) is 86.8 Å². The van der Waals surface area contributed by atoms with Gasteiger partial charge in [0.15, 0.2) is 0 Å². The molecule has 0 saturated heterocycles. The van der Waals surface area contributed by atoms with E-state index in [0.717, 1.165) is 0 Å². The lowest BCUT2D eigenvalue weighted by Gasteiger charge is -2.25. The highest BCUT2D eigenvalue weighted by Crippen LogP contribution is 2.12. The third kappa shape index (κ3) is 13.0. The number of phenolic OH excluding ortho intramolecular Hbond substituents is 1. The van der Waals surface area contributed by atoms with Gasteiger partial charge < -0.3 is 47.8 Å². The first kappa shape index (κ1) is 33.8. The summed E-state index contributed by atoms with van der Waals surface area (Å²) < 4.78 is 0. The van der Waals surface area contributed by atoms with E-state index in [1.165, 1.54) is 24.3 Å². The van der Waals surface area contributed by atoms with Gasteiger partial charge in [0.25, 0.3) is 0 Å². The van der Waals surface area contributed by atoms with Crippen LogP contribution in [0.4, 0.5) is 0 Å². The first-order valence-electron chi connectivity index (χ1n) is 12.6. The number of unbranched alkanes of at least 4 members (excludes halogenated alkanes) is 1. The zero-order valence-corrected chi connectivity index (χ0v) is 21.9. The minimum Gasteiger partial charge on any atom is -0.508 e. The van der Waals surface area contributed by atoms with E-state index in [1.807, 2.05) is 0 Å². The number of hydrogen-bond acceptors (Lipinski definition) is 9. The summed E-state index contributed by atoms with van der Waals surface area (Å²) in [5.41, 5.74) is 11.9. The molecule has 15 heteroatoms. The molecule has 0 aliphatic rings. The van der Waals surface area contributed by atoms with E-state index in [2.05, 4.69) is 16.0 Å². The van der Waals surface area contributed by atoms with Crippen LogP contribution in [0, 0.1) is 0 Å². The van der Waals surface area contributed by atoms with Crippen molar-refractivity contribution < 1.29 is 49.2 Å². The van der Waals surface area contributed by atoms with Crippen LogP contribution in [0.3, 0.4) is 0 Å². The second-order valence-electron chi connectivity index (χ2n) is 9.15. The van der Waals surface area contributed by atoms with Crippen LogP contribution in [0.25, 0.3) is 0 Å². The molecule has 3 amide bonds. The fourth-order valence-corrected chi connectivity index (χ4v) is 3.60. The Morgan fingerprint density at radius 2 is 1.20 bits per heavy atom. The molecule has 0 bridgehead atoms. The predicted octanol–water partition coefficient (Wildman–Crippen LogP) is -1.34. The average Bonchev–Trinajstić information content (AvgIpc) is 2.88. The lowest BCUT2D eigenvalue weighted by molar-refractivity contribution is -0.144. The quantitative estimate of drug-likeness (QED) is 0.0879. The zero-order chi connectivity index (χ0) is 30.2. The molecule has 0 aromatic heterocycles. The minimum absolute atomic E-state index is 0.0306. The highest BCUT2D eigenvalue weighted by atomic mass is 16.4. The lowest BCUT2D eigenvalue weighted by atomic mass is 10.0. The van der Waals surface area contributed by atoms with Gasteiger partial charge in [0.05, 0.1) is 6.04 Å². The van der Waals surface area contributed by atoms with E-state index in [1.54, 1.807) is 0 Å². The van der Waals surface area contributed by atoms with Crippen LogP contribution in [0.2, 0.25) is 0 Å². The normalized spacial score (nSPS) is 13.8. The van der Waals surface area contributed by atoms with Crippen LogP contribution in [0.15, 0.2) is 24.3 Å². The van der Waals surface area contributed by atoms with E-state index in [4.69, 9.17) is 21.7 Å². The summed E-state index contributed by atoms with van der Waals surface area (Å²) in [5.74, 6) is -6.69. The Hall–Kier alpha value is -4.24. The van der Waals surface area contributed by atoms with Crippen molar-refractivity contribution in [1.29, 1.82) is 0 Å². The average molecular weight is 568 g/mol. The fraction of sp³-hybridized carbons (Fsp3) is 0.520. The molecule has 4 atom stereocenters. The molecule has 0 saturated carbocycles. The third-order valence-corrected chi connectivity index (χ3v) is 5.86. The van der Waals surface area contributed by atoms with E-state index >= 15 is 0 Å². The number of benzene rings is 1. The van der Waals surface area contributed by atoms with Gasteiger partial charge in [0.1, 0.15) is 23.9 Å². The molecule has 4 unspecified atom stereocenters. The Bertz CT molecular complexity index is 1030. The van der Waals surface area contributed by atoms with Crippen LogP contribution in [0.1, 0.15) is 50.5 Å². The minimum atomic E-state index is -1.60. The van der Waals surface area contributed by atoms with Crippen molar-refractivity contribution in [2.75, 3.05) is 6.54 Å². The van der Waals surface area contributed by atoms with Gasteiger partial charge in [-0.3, -0.25) is 24.0 Å². The first-order chi connectivity index (χ1) is 18.8. The highest BCUT2D eigenvalue weighted by molar-refractivity contribution is 5.94. The second-order valence-corrected chi connectivity index (χ2v) is 9.15. The van der Waals surface area contributed by atoms with E-state index in [-0.39, 0.29) is 12.2 Å². The Kier molecular flexibility index (Phi) is 14.7. The number of rotatable bonds is 19. The first-order valence-corrected chi connectivity index (χ1v) is 12.6. The van der Waals surface area contributed by atoms with Gasteiger partial charge in [-0.1, -0.05) is 18.6 Å². The maximum Gasteiger partial charge on any atom is 0.326 e. The van der Waals surface area contributed by atoms with Crippen molar-refractivity contribution in [3.63, 3.8) is 0 Å². The third-order valence-electron chi connectivity index (χ3n) is 5.86. The zero-order valence-electron chi connectivity index (χ0n) is 21.9. The number of carbonyl (C=O) groups excluding carboxylic acids is 3. The number of aromatic hydroxyl groups is 1. The Morgan fingerprint density at radius 1 is 0.700 bits per heavy atom. The molecule has 40 heavy (non-hydrogen) atoms. The summed E-state index contributed by atoms with van der Waals surface area (Å²) >= 11 is 0. The van der Waals surface area contributed by atoms with Crippen molar-refractivity contribution in [1.82, 2.24) is 16.0 Å². The molecule has 0 fully saturated rings. The second kappa shape index (κ2) is 17.4. The summed E-state index contributed by atoms with van der Waals surface area (Å²) in [7, 11) is 0. The molecule has 0 aliphatic heterocycles. The Labute approximate surface area is 230 Å². The highest BCUT2D eigenvalue weighted by Gasteiger charge is 2.31. The summed E-state index contributed by atoms with van der Waals surface area (Å²) in [4.78, 5) is 72.3. The van der Waals surface area contributed by atoms with Gasteiger partial charge in [0.2, 0.25) is 17.7 Å². The van der Waals surface area contributed by atoms with Crippen molar-refractivity contribution in [2.45, 2.75) is 75.5 Å². The largest absolute Gasteiger partial charge is 0.508 e. The number of carboxylic acids is 3. The van der Waals surface area contributed by atoms with Gasteiger partial charge in [-0.05, 0) is 49.9 Å². The maximum atomic E-state index is 13.3. The van der Waals surface area contributed by atoms with Crippen LogP contribution < -0.4 is 27.4 Å². The summed E-state index contributed by atoms with van der Waals surface area (Å²) in [5, 5.41) is 43.8. The van der Waals surface area contributed by atoms with E-state index in [9.17, 15) is 39.0 Å². The number of nitrogens with one attached hydrogen (secondary N) is 3. The number of aliphatic carboxylic acids is 3. The molecule has 1 aromatic carbocycles. The molecule has 0 radical (unpaired) electrons. The fourth-order valence-electron chi connectivity index (χ4n) is 3.60. The standard InChI is InChI=1S/C25H37N5O10/c26-12-2-1-3-16(27)22(36)30-19(13-14-4-6-15(31)7-5-14)24(38)28-17(8-10-20(32)33)23(37)29-18(25(39)40)9-11-21(34)35/h4-7,16-19,31H,1-3,8-13,26-27H2,(H,28,38)(H,29,37)(H,30,36)(H,32,33)(H,34,35)(H,39,40). The summed E-state index contributed by atoms with van der Waals surface area (Å²) in [6, 6.07) is 0.404. The van der Waals surface area contributed by atoms with Crippen LogP contribution in [0.5, 0.6) is 5.75 Å². The van der Waals surface area contributed by atoms with Gasteiger partial charge >= 0.3 is 17.9 Å². The summed E-state index contributed by atoms with van der Waals surface area (Å²) in [6.45, 7) is 0.416. The number of amides is 3. The smallest absolute Gasteiger partial charge is 0.326 e. The molecule has 11 N–H and O–H groups in total. The van der Waals surface area contributed by atoms with Gasteiger partial charge in [-0.25, -0.2) is 4.79 Å². The number of carbonyl (C=O) groups is 6. The number of hydrogen-bond donors (Lipinski definition) is 9. The molecular formula is C25H37N5O10. The van der Waals surface area contributed by atoms with Crippen LogP contribution >= 0.6 is 0 Å². The predicted molar refractivity (Wildman–Crippen MR) is 140 cm³/mol. The Morgan fingerprint density at radius 3 is 1.73 bits per heavy atom. The molecule has 222 valence electrons. The SMILES string of the molecule is NCCCCC(N)C(=O)NC(Cc1ccc(O)cc1)C(=O)NC(CCC(=O)O)C(=O)NC(CCC(=O)O)C(=O)O. The molecule has 1 rings (SSSR count). The van der Waals surface area contributed by atoms with Gasteiger partial charge in [0, 0.05) is 19.3 Å². The molecule has 0 spiro atoms. The maximum absolute atomic E-state index is 13.3. The van der Waals surface area contributed by atoms with Gasteiger partial charge in [-0.15, -0.1) is 0 Å². The Balaban J connectivity index is 3.13. The van der Waals surface area contributed by atoms with Crippen molar-refractivity contribution in [3.05, 3.63) is 29.8 Å². The molecule has 1 aromatic rings. The monoisotopic (exact) mass is 567 g/mol. The molecule has 0 aliphatic carbocycles. The van der Waals surface area contributed by atoms with E-state index < -0.39 is 85.5 Å². The van der Waals surface area contributed by atoms with Crippen molar-refractivity contribution in [3.8, 4) is 5.75 Å². The van der Waals surface area contributed by atoms with Crippen molar-refractivity contribution in [2.24, 2.45) is 11.5 Å². The number of carboxylic acid groups (broad SMARTS) is 3. The topological polar surface area (TPSA) is 271 Å². The van der Waals surface area contributed by atoms with E-state index in [0.29, 0.717) is 31.4 Å². The summed E-state index contributed by atoms with van der Waals surface area (Å²) in [6.07, 6.45) is -0.563. The molecule has 15 nitrogen and oxygen atoms in total. The molecular weight excluding hydrogens is 530 g/mol. The van der Waals surface area contributed by atoms with Crippen LogP contribution in [-0.2, 0) is 35.2 Å². The number of phenols is 1.